The number of ether oxygens (including phenoxy) is 1. The maximum absolute atomic E-state index is 13.4. The number of hydrogen-bond acceptors (Lipinski definition) is 4. The summed E-state index contributed by atoms with van der Waals surface area (Å²) in [4.78, 5) is 7.87. The Morgan fingerprint density at radius 3 is 2.76 bits per heavy atom. The van der Waals surface area contributed by atoms with Crippen LogP contribution in [0.15, 0.2) is 30.6 Å². The number of benzene rings is 1. The molecule has 2 aromatic rings. The molecule has 2 N–H and O–H groups in total. The van der Waals surface area contributed by atoms with E-state index in [1.54, 1.807) is 18.2 Å². The molecule has 0 saturated heterocycles. The summed E-state index contributed by atoms with van der Waals surface area (Å²) < 4.78 is 18.8. The van der Waals surface area contributed by atoms with Crippen LogP contribution in [0.3, 0.4) is 0 Å². The van der Waals surface area contributed by atoms with Crippen LogP contribution in [0.25, 0.3) is 0 Å². The summed E-state index contributed by atoms with van der Waals surface area (Å²) >= 11 is 0. The summed E-state index contributed by atoms with van der Waals surface area (Å²) in [5, 5.41) is 0. The first-order valence-corrected chi connectivity index (χ1v) is 5.14. The van der Waals surface area contributed by atoms with E-state index in [9.17, 15) is 4.39 Å². The second-order valence-corrected chi connectivity index (χ2v) is 3.56. The Labute approximate surface area is 98.3 Å². The van der Waals surface area contributed by atoms with Crippen LogP contribution in [0.1, 0.15) is 11.3 Å². The van der Waals surface area contributed by atoms with E-state index in [-0.39, 0.29) is 12.4 Å². The van der Waals surface area contributed by atoms with E-state index in [0.717, 1.165) is 5.69 Å². The molecule has 5 heteroatoms. The maximum Gasteiger partial charge on any atom is 0.222 e. The highest BCUT2D eigenvalue weighted by atomic mass is 19.1. The van der Waals surface area contributed by atoms with Gasteiger partial charge in [0.25, 0.3) is 0 Å². The molecule has 0 amide bonds. The fourth-order valence-electron chi connectivity index (χ4n) is 1.36. The quantitative estimate of drug-likeness (QED) is 0.882. The van der Waals surface area contributed by atoms with E-state index in [4.69, 9.17) is 10.5 Å². The van der Waals surface area contributed by atoms with Crippen molar-refractivity contribution in [3.05, 3.63) is 47.7 Å². The van der Waals surface area contributed by atoms with Gasteiger partial charge in [-0.2, -0.15) is 0 Å². The standard InChI is InChI=1S/C12H12FN3O/c1-8-4-12(16-7-15-8)17-10-3-2-9(6-14)11(13)5-10/h2-5,7H,6,14H2,1H3. The Balaban J connectivity index is 2.22. The highest BCUT2D eigenvalue weighted by Gasteiger charge is 2.04. The van der Waals surface area contributed by atoms with Gasteiger partial charge < -0.3 is 10.5 Å². The van der Waals surface area contributed by atoms with Gasteiger partial charge in [-0.3, -0.25) is 0 Å². The molecule has 0 aliphatic rings. The lowest BCUT2D eigenvalue weighted by Crippen LogP contribution is -2.00. The van der Waals surface area contributed by atoms with Crippen molar-refractivity contribution < 1.29 is 9.13 Å². The number of rotatable bonds is 3. The van der Waals surface area contributed by atoms with Gasteiger partial charge in [-0.25, -0.2) is 14.4 Å². The number of aromatic nitrogens is 2. The highest BCUT2D eigenvalue weighted by molar-refractivity contribution is 5.31. The van der Waals surface area contributed by atoms with Crippen LogP contribution in [0, 0.1) is 12.7 Å². The average molecular weight is 233 g/mol. The molecule has 1 heterocycles. The predicted octanol–water partition coefficient (Wildman–Crippen LogP) is 2.18. The number of nitrogens with two attached hydrogens (primary N) is 1. The third-order valence-electron chi connectivity index (χ3n) is 2.25. The van der Waals surface area contributed by atoms with Crippen molar-refractivity contribution in [2.24, 2.45) is 5.73 Å². The Hall–Kier alpha value is -2.01. The molecule has 0 radical (unpaired) electrons. The largest absolute Gasteiger partial charge is 0.439 e. The Kier molecular flexibility index (Phi) is 3.30. The van der Waals surface area contributed by atoms with Crippen molar-refractivity contribution in [3.63, 3.8) is 0 Å². The molecule has 88 valence electrons. The highest BCUT2D eigenvalue weighted by Crippen LogP contribution is 2.21. The van der Waals surface area contributed by atoms with Gasteiger partial charge in [-0.05, 0) is 13.0 Å². The lowest BCUT2D eigenvalue weighted by molar-refractivity contribution is 0.455. The minimum absolute atomic E-state index is 0.165. The van der Waals surface area contributed by atoms with Crippen LogP contribution in [0.5, 0.6) is 11.6 Å². The smallest absolute Gasteiger partial charge is 0.222 e. The second kappa shape index (κ2) is 4.88. The van der Waals surface area contributed by atoms with Crippen molar-refractivity contribution in [3.8, 4) is 11.6 Å². The van der Waals surface area contributed by atoms with Gasteiger partial charge in [0.2, 0.25) is 5.88 Å². The van der Waals surface area contributed by atoms with Crippen LogP contribution in [-0.4, -0.2) is 9.97 Å². The molecule has 1 aromatic carbocycles. The summed E-state index contributed by atoms with van der Waals surface area (Å²) in [7, 11) is 0. The lowest BCUT2D eigenvalue weighted by Gasteiger charge is -2.06. The zero-order chi connectivity index (χ0) is 12.3. The molecular formula is C12H12FN3O. The molecular weight excluding hydrogens is 221 g/mol. The topological polar surface area (TPSA) is 61.0 Å². The Morgan fingerprint density at radius 1 is 1.29 bits per heavy atom. The second-order valence-electron chi connectivity index (χ2n) is 3.56. The molecule has 0 bridgehead atoms. The van der Waals surface area contributed by atoms with Crippen LogP contribution >= 0.6 is 0 Å². The first-order valence-electron chi connectivity index (χ1n) is 5.14. The van der Waals surface area contributed by atoms with E-state index in [1.165, 1.54) is 12.4 Å². The normalized spacial score (nSPS) is 10.3. The first-order chi connectivity index (χ1) is 8.19. The SMILES string of the molecule is Cc1cc(Oc2ccc(CN)c(F)c2)ncn1. The van der Waals surface area contributed by atoms with E-state index in [2.05, 4.69) is 9.97 Å². The molecule has 4 nitrogen and oxygen atoms in total. The van der Waals surface area contributed by atoms with E-state index >= 15 is 0 Å². The molecule has 0 atom stereocenters. The first kappa shape index (κ1) is 11.5. The number of hydrogen-bond donors (Lipinski definition) is 1. The fraction of sp³-hybridized carbons (Fsp3) is 0.167. The Morgan fingerprint density at radius 2 is 2.12 bits per heavy atom. The van der Waals surface area contributed by atoms with Crippen molar-refractivity contribution in [1.29, 1.82) is 0 Å². The van der Waals surface area contributed by atoms with Gasteiger partial charge in [-0.1, -0.05) is 6.07 Å². The van der Waals surface area contributed by atoms with Crippen LogP contribution in [0.2, 0.25) is 0 Å². The van der Waals surface area contributed by atoms with Crippen LogP contribution < -0.4 is 10.5 Å². The van der Waals surface area contributed by atoms with Gasteiger partial charge in [0.05, 0.1) is 0 Å². The molecule has 0 unspecified atom stereocenters. The minimum Gasteiger partial charge on any atom is -0.439 e. The van der Waals surface area contributed by atoms with Crippen molar-refractivity contribution >= 4 is 0 Å². The molecule has 2 rings (SSSR count). The summed E-state index contributed by atoms with van der Waals surface area (Å²) in [6, 6.07) is 6.22. The van der Waals surface area contributed by atoms with Gasteiger partial charge in [0, 0.05) is 29.9 Å². The third-order valence-corrected chi connectivity index (χ3v) is 2.25. The summed E-state index contributed by atoms with van der Waals surface area (Å²) in [6.07, 6.45) is 1.40. The van der Waals surface area contributed by atoms with Crippen LogP contribution in [0.4, 0.5) is 4.39 Å². The minimum atomic E-state index is -0.379. The van der Waals surface area contributed by atoms with Crippen LogP contribution in [-0.2, 0) is 6.54 Å². The van der Waals surface area contributed by atoms with Gasteiger partial charge in [0.15, 0.2) is 0 Å². The molecule has 0 aliphatic carbocycles. The van der Waals surface area contributed by atoms with Crippen molar-refractivity contribution in [1.82, 2.24) is 9.97 Å². The fourth-order valence-corrected chi connectivity index (χ4v) is 1.36. The predicted molar refractivity (Wildman–Crippen MR) is 61.1 cm³/mol. The maximum atomic E-state index is 13.4. The zero-order valence-electron chi connectivity index (χ0n) is 9.35. The number of halogens is 1. The summed E-state index contributed by atoms with van der Waals surface area (Å²) in [5.41, 5.74) is 6.61. The van der Waals surface area contributed by atoms with Gasteiger partial charge in [-0.15, -0.1) is 0 Å². The Bertz CT molecular complexity index is 531. The molecule has 0 fully saturated rings. The lowest BCUT2D eigenvalue weighted by atomic mass is 10.2. The van der Waals surface area contributed by atoms with Crippen molar-refractivity contribution in [2.75, 3.05) is 0 Å². The van der Waals surface area contributed by atoms with E-state index in [1.807, 2.05) is 6.92 Å². The molecule has 0 aliphatic heterocycles. The average Bonchev–Trinajstić information content (AvgIpc) is 2.29. The number of nitrogens with zero attached hydrogens (tertiary/aromatic N) is 2. The zero-order valence-corrected chi connectivity index (χ0v) is 9.35. The monoisotopic (exact) mass is 233 g/mol. The molecule has 17 heavy (non-hydrogen) atoms. The molecule has 1 aromatic heterocycles. The van der Waals surface area contributed by atoms with Gasteiger partial charge in [0.1, 0.15) is 17.9 Å². The van der Waals surface area contributed by atoms with Crippen molar-refractivity contribution in [2.45, 2.75) is 13.5 Å². The molecule has 0 spiro atoms. The molecule has 0 saturated carbocycles. The van der Waals surface area contributed by atoms with Gasteiger partial charge >= 0.3 is 0 Å². The number of aryl methyl sites for hydroxylation is 1. The van der Waals surface area contributed by atoms with E-state index < -0.39 is 0 Å². The summed E-state index contributed by atoms with van der Waals surface area (Å²) in [6.45, 7) is 1.99. The van der Waals surface area contributed by atoms with E-state index in [0.29, 0.717) is 17.2 Å². The third kappa shape index (κ3) is 2.76. The summed E-state index contributed by atoms with van der Waals surface area (Å²) in [5.74, 6) is 0.394.